The number of nitrogens with two attached hydrogens (primary N) is 1. The average molecular weight is 245 g/mol. The fourth-order valence-corrected chi connectivity index (χ4v) is 3.57. The van der Waals surface area contributed by atoms with Gasteiger partial charge in [-0.05, 0) is 37.2 Å². The highest BCUT2D eigenvalue weighted by atomic mass is 14.7. The maximum Gasteiger partial charge on any atom is 0.0110 e. The van der Waals surface area contributed by atoms with Gasteiger partial charge in [0.15, 0.2) is 0 Å². The third-order valence-corrected chi connectivity index (χ3v) is 4.60. The Labute approximate surface area is 112 Å². The van der Waals surface area contributed by atoms with E-state index in [4.69, 9.17) is 5.73 Å². The van der Waals surface area contributed by atoms with Crippen molar-refractivity contribution in [3.05, 3.63) is 35.4 Å². The second kappa shape index (κ2) is 6.38. The molecule has 3 unspecified atom stereocenters. The zero-order chi connectivity index (χ0) is 13.0. The van der Waals surface area contributed by atoms with E-state index in [0.29, 0.717) is 6.04 Å². The summed E-state index contributed by atoms with van der Waals surface area (Å²) in [4.78, 5) is 0. The molecule has 1 saturated carbocycles. The smallest absolute Gasteiger partial charge is 0.0110 e. The number of benzene rings is 1. The molecular weight excluding hydrogens is 218 g/mol. The lowest BCUT2D eigenvalue weighted by atomic mass is 9.73. The second-order valence-electron chi connectivity index (χ2n) is 5.97. The summed E-state index contributed by atoms with van der Waals surface area (Å²) in [5.74, 6) is 1.60. The molecule has 0 bridgehead atoms. The zero-order valence-corrected chi connectivity index (χ0v) is 11.9. The minimum absolute atomic E-state index is 0.344. The fraction of sp³-hybridized carbons (Fsp3) is 0.647. The van der Waals surface area contributed by atoms with Crippen LogP contribution in [-0.2, 0) is 6.42 Å². The standard InChI is InChI=1S/C17H27N/c1-3-15-9-4-5-10-16(15)17(18)12-14-8-6-7-13(2)11-14/h6-8,11,15-17H,3-5,9-10,12,18H2,1-2H3. The highest BCUT2D eigenvalue weighted by Crippen LogP contribution is 2.34. The van der Waals surface area contributed by atoms with Gasteiger partial charge in [0.05, 0.1) is 0 Å². The Balaban J connectivity index is 1.99. The van der Waals surface area contributed by atoms with Crippen LogP contribution in [0.5, 0.6) is 0 Å². The molecule has 0 heterocycles. The van der Waals surface area contributed by atoms with Crippen LogP contribution in [0.2, 0.25) is 0 Å². The van der Waals surface area contributed by atoms with Crippen molar-refractivity contribution in [2.24, 2.45) is 17.6 Å². The van der Waals surface area contributed by atoms with E-state index in [0.717, 1.165) is 18.3 Å². The molecule has 1 aliphatic rings. The minimum Gasteiger partial charge on any atom is -0.327 e. The van der Waals surface area contributed by atoms with E-state index in [1.165, 1.54) is 43.2 Å². The summed E-state index contributed by atoms with van der Waals surface area (Å²) < 4.78 is 0. The fourth-order valence-electron chi connectivity index (χ4n) is 3.57. The predicted molar refractivity (Wildman–Crippen MR) is 78.6 cm³/mol. The van der Waals surface area contributed by atoms with Gasteiger partial charge in [0, 0.05) is 6.04 Å². The van der Waals surface area contributed by atoms with Gasteiger partial charge in [-0.3, -0.25) is 0 Å². The molecule has 1 aromatic rings. The predicted octanol–water partition coefficient (Wildman–Crippen LogP) is 4.08. The highest BCUT2D eigenvalue weighted by molar-refractivity contribution is 5.23. The normalized spacial score (nSPS) is 25.9. The van der Waals surface area contributed by atoms with Crippen molar-refractivity contribution in [2.75, 3.05) is 0 Å². The summed E-state index contributed by atoms with van der Waals surface area (Å²) in [6, 6.07) is 9.15. The Morgan fingerprint density at radius 3 is 2.78 bits per heavy atom. The largest absolute Gasteiger partial charge is 0.327 e. The molecule has 2 N–H and O–H groups in total. The molecule has 3 atom stereocenters. The molecule has 1 heteroatoms. The van der Waals surface area contributed by atoms with E-state index in [-0.39, 0.29) is 0 Å². The minimum atomic E-state index is 0.344. The molecule has 100 valence electrons. The second-order valence-corrected chi connectivity index (χ2v) is 5.97. The summed E-state index contributed by atoms with van der Waals surface area (Å²) in [5, 5.41) is 0. The van der Waals surface area contributed by atoms with Crippen LogP contribution in [0.15, 0.2) is 24.3 Å². The molecule has 0 aliphatic heterocycles. The Bertz CT molecular complexity index is 372. The molecular formula is C17H27N. The lowest BCUT2D eigenvalue weighted by molar-refractivity contribution is 0.195. The van der Waals surface area contributed by atoms with Gasteiger partial charge < -0.3 is 5.73 Å². The van der Waals surface area contributed by atoms with Gasteiger partial charge in [-0.25, -0.2) is 0 Å². The van der Waals surface area contributed by atoms with E-state index >= 15 is 0 Å². The van der Waals surface area contributed by atoms with Crippen LogP contribution in [0.3, 0.4) is 0 Å². The van der Waals surface area contributed by atoms with E-state index in [1.807, 2.05) is 0 Å². The van der Waals surface area contributed by atoms with Crippen molar-refractivity contribution >= 4 is 0 Å². The summed E-state index contributed by atoms with van der Waals surface area (Å²) >= 11 is 0. The van der Waals surface area contributed by atoms with E-state index in [1.54, 1.807) is 0 Å². The molecule has 0 aromatic heterocycles. The van der Waals surface area contributed by atoms with Crippen molar-refractivity contribution in [1.29, 1.82) is 0 Å². The van der Waals surface area contributed by atoms with Crippen molar-refractivity contribution in [2.45, 2.75) is 58.4 Å². The monoisotopic (exact) mass is 245 g/mol. The number of hydrogen-bond donors (Lipinski definition) is 1. The summed E-state index contributed by atoms with van der Waals surface area (Å²) in [6.07, 6.45) is 7.86. The Hall–Kier alpha value is -0.820. The molecule has 1 nitrogen and oxygen atoms in total. The van der Waals surface area contributed by atoms with Crippen LogP contribution in [0.4, 0.5) is 0 Å². The average Bonchev–Trinajstić information content (AvgIpc) is 2.38. The zero-order valence-electron chi connectivity index (χ0n) is 11.9. The maximum atomic E-state index is 6.50. The lowest BCUT2D eigenvalue weighted by Gasteiger charge is -2.35. The van der Waals surface area contributed by atoms with Crippen LogP contribution < -0.4 is 5.73 Å². The van der Waals surface area contributed by atoms with E-state index in [2.05, 4.69) is 38.1 Å². The number of rotatable bonds is 4. The Morgan fingerprint density at radius 2 is 2.06 bits per heavy atom. The van der Waals surface area contributed by atoms with Gasteiger partial charge >= 0.3 is 0 Å². The van der Waals surface area contributed by atoms with Crippen molar-refractivity contribution in [1.82, 2.24) is 0 Å². The molecule has 1 fully saturated rings. The molecule has 0 spiro atoms. The van der Waals surface area contributed by atoms with E-state index < -0.39 is 0 Å². The topological polar surface area (TPSA) is 26.0 Å². The lowest BCUT2D eigenvalue weighted by Crippen LogP contribution is -2.38. The van der Waals surface area contributed by atoms with Crippen LogP contribution in [-0.4, -0.2) is 6.04 Å². The molecule has 0 amide bonds. The summed E-state index contributed by atoms with van der Waals surface area (Å²) in [5.41, 5.74) is 9.24. The van der Waals surface area contributed by atoms with Gasteiger partial charge in [-0.15, -0.1) is 0 Å². The SMILES string of the molecule is CCC1CCCCC1C(N)Cc1cccc(C)c1. The summed E-state index contributed by atoms with van der Waals surface area (Å²) in [6.45, 7) is 4.48. The van der Waals surface area contributed by atoms with Crippen molar-refractivity contribution < 1.29 is 0 Å². The van der Waals surface area contributed by atoms with Crippen molar-refractivity contribution in [3.63, 3.8) is 0 Å². The molecule has 1 aliphatic carbocycles. The first kappa shape index (κ1) is 13.6. The quantitative estimate of drug-likeness (QED) is 0.850. The molecule has 2 rings (SSSR count). The Kier molecular flexibility index (Phi) is 4.82. The Morgan fingerprint density at radius 1 is 1.28 bits per heavy atom. The van der Waals surface area contributed by atoms with Crippen molar-refractivity contribution in [3.8, 4) is 0 Å². The van der Waals surface area contributed by atoms with Gasteiger partial charge in [-0.1, -0.05) is 62.4 Å². The molecule has 0 radical (unpaired) electrons. The first-order chi connectivity index (χ1) is 8.70. The highest BCUT2D eigenvalue weighted by Gasteiger charge is 2.28. The van der Waals surface area contributed by atoms with Gasteiger partial charge in [0.25, 0.3) is 0 Å². The molecule has 18 heavy (non-hydrogen) atoms. The van der Waals surface area contributed by atoms with Crippen LogP contribution in [0.1, 0.15) is 50.2 Å². The third kappa shape index (κ3) is 3.35. The first-order valence-corrected chi connectivity index (χ1v) is 7.52. The van der Waals surface area contributed by atoms with Gasteiger partial charge in [-0.2, -0.15) is 0 Å². The number of hydrogen-bond acceptors (Lipinski definition) is 1. The van der Waals surface area contributed by atoms with Gasteiger partial charge in [0.1, 0.15) is 0 Å². The molecule has 0 saturated heterocycles. The third-order valence-electron chi connectivity index (χ3n) is 4.60. The van der Waals surface area contributed by atoms with Crippen LogP contribution >= 0.6 is 0 Å². The molecule has 1 aromatic carbocycles. The van der Waals surface area contributed by atoms with Crippen LogP contribution in [0, 0.1) is 18.8 Å². The summed E-state index contributed by atoms with van der Waals surface area (Å²) in [7, 11) is 0. The first-order valence-electron chi connectivity index (χ1n) is 7.52. The van der Waals surface area contributed by atoms with Gasteiger partial charge in [0.2, 0.25) is 0 Å². The number of aryl methyl sites for hydroxylation is 1. The van der Waals surface area contributed by atoms with E-state index in [9.17, 15) is 0 Å². The van der Waals surface area contributed by atoms with Crippen LogP contribution in [0.25, 0.3) is 0 Å². The maximum absolute atomic E-state index is 6.50.